The topological polar surface area (TPSA) is 41.3 Å². The molecule has 1 aliphatic heterocycles. The van der Waals surface area contributed by atoms with Crippen molar-refractivity contribution in [2.75, 3.05) is 33.2 Å². The van der Waals surface area contributed by atoms with E-state index in [1.54, 1.807) is 0 Å². The molecule has 2 aliphatic rings. The average molecular weight is 225 g/mol. The summed E-state index contributed by atoms with van der Waals surface area (Å²) in [5, 5.41) is 3.66. The summed E-state index contributed by atoms with van der Waals surface area (Å²) < 4.78 is 0. The first-order valence-corrected chi connectivity index (χ1v) is 6.89. The summed E-state index contributed by atoms with van der Waals surface area (Å²) in [6, 6.07) is 0.486. The molecule has 3 N–H and O–H groups in total. The van der Waals surface area contributed by atoms with Gasteiger partial charge in [0.15, 0.2) is 0 Å². The molecule has 2 fully saturated rings. The van der Waals surface area contributed by atoms with E-state index in [1.165, 1.54) is 58.3 Å². The number of nitrogens with one attached hydrogen (secondary N) is 1. The molecule has 3 nitrogen and oxygen atoms in total. The van der Waals surface area contributed by atoms with Gasteiger partial charge in [0.2, 0.25) is 0 Å². The van der Waals surface area contributed by atoms with Crippen LogP contribution in [0.4, 0.5) is 0 Å². The second-order valence-corrected chi connectivity index (χ2v) is 5.86. The molecule has 0 radical (unpaired) electrons. The van der Waals surface area contributed by atoms with Crippen molar-refractivity contribution in [1.82, 2.24) is 10.2 Å². The fourth-order valence-corrected chi connectivity index (χ4v) is 3.08. The van der Waals surface area contributed by atoms with Gasteiger partial charge in [-0.25, -0.2) is 0 Å². The molecule has 1 saturated heterocycles. The minimum absolute atomic E-state index is 0.486. The van der Waals surface area contributed by atoms with Gasteiger partial charge in [0, 0.05) is 12.6 Å². The van der Waals surface area contributed by atoms with E-state index in [-0.39, 0.29) is 0 Å². The Balaban J connectivity index is 1.54. The zero-order valence-corrected chi connectivity index (χ0v) is 10.6. The zero-order valence-electron chi connectivity index (χ0n) is 10.6. The summed E-state index contributed by atoms with van der Waals surface area (Å²) in [5.74, 6) is 1.77. The van der Waals surface area contributed by atoms with E-state index in [2.05, 4.69) is 17.3 Å². The van der Waals surface area contributed by atoms with Crippen LogP contribution in [-0.4, -0.2) is 44.2 Å². The SMILES string of the molecule is CN1CCC(CNCC2CCC(N)CC2)C1. The highest BCUT2D eigenvalue weighted by Gasteiger charge is 2.21. The van der Waals surface area contributed by atoms with Gasteiger partial charge in [-0.05, 0) is 70.6 Å². The standard InChI is InChI=1S/C13H27N3/c1-16-7-6-12(10-16)9-15-8-11-2-4-13(14)5-3-11/h11-13,15H,2-10,14H2,1H3. The summed E-state index contributed by atoms with van der Waals surface area (Å²) in [5.41, 5.74) is 5.91. The number of hydrogen-bond acceptors (Lipinski definition) is 3. The normalized spacial score (nSPS) is 36.8. The molecule has 0 spiro atoms. The van der Waals surface area contributed by atoms with Gasteiger partial charge < -0.3 is 16.0 Å². The van der Waals surface area contributed by atoms with Crippen LogP contribution in [0.25, 0.3) is 0 Å². The van der Waals surface area contributed by atoms with E-state index < -0.39 is 0 Å². The van der Waals surface area contributed by atoms with Crippen LogP contribution in [0, 0.1) is 11.8 Å². The maximum atomic E-state index is 5.91. The third-order valence-corrected chi connectivity index (χ3v) is 4.25. The minimum atomic E-state index is 0.486. The molecule has 1 aliphatic carbocycles. The van der Waals surface area contributed by atoms with Gasteiger partial charge in [-0.2, -0.15) is 0 Å². The molecular formula is C13H27N3. The molecule has 3 heteroatoms. The van der Waals surface area contributed by atoms with Gasteiger partial charge in [-0.15, -0.1) is 0 Å². The molecule has 0 amide bonds. The Labute approximate surface area is 99.8 Å². The summed E-state index contributed by atoms with van der Waals surface area (Å²) in [7, 11) is 2.22. The first-order chi connectivity index (χ1) is 7.74. The van der Waals surface area contributed by atoms with Crippen molar-refractivity contribution in [3.63, 3.8) is 0 Å². The summed E-state index contributed by atoms with van der Waals surface area (Å²) in [6.07, 6.45) is 6.51. The Morgan fingerprint density at radius 2 is 1.75 bits per heavy atom. The highest BCUT2D eigenvalue weighted by Crippen LogP contribution is 2.22. The quantitative estimate of drug-likeness (QED) is 0.751. The summed E-state index contributed by atoms with van der Waals surface area (Å²) in [6.45, 7) is 4.99. The molecule has 1 unspecified atom stereocenters. The zero-order chi connectivity index (χ0) is 11.4. The molecule has 1 atom stereocenters. The first kappa shape index (κ1) is 12.3. The van der Waals surface area contributed by atoms with Crippen LogP contribution >= 0.6 is 0 Å². The van der Waals surface area contributed by atoms with Crippen molar-refractivity contribution in [3.05, 3.63) is 0 Å². The lowest BCUT2D eigenvalue weighted by Crippen LogP contribution is -2.34. The number of rotatable bonds is 4. The highest BCUT2D eigenvalue weighted by atomic mass is 15.1. The molecule has 0 bridgehead atoms. The van der Waals surface area contributed by atoms with Gasteiger partial charge in [-0.3, -0.25) is 0 Å². The lowest BCUT2D eigenvalue weighted by Gasteiger charge is -2.26. The third-order valence-electron chi connectivity index (χ3n) is 4.25. The summed E-state index contributed by atoms with van der Waals surface area (Å²) in [4.78, 5) is 2.44. The van der Waals surface area contributed by atoms with Crippen molar-refractivity contribution < 1.29 is 0 Å². The maximum absolute atomic E-state index is 5.91. The number of likely N-dealkylation sites (tertiary alicyclic amines) is 1. The lowest BCUT2D eigenvalue weighted by molar-refractivity contribution is 0.306. The van der Waals surface area contributed by atoms with Gasteiger partial charge >= 0.3 is 0 Å². The van der Waals surface area contributed by atoms with Gasteiger partial charge in [0.05, 0.1) is 0 Å². The Morgan fingerprint density at radius 3 is 2.38 bits per heavy atom. The first-order valence-electron chi connectivity index (χ1n) is 6.89. The van der Waals surface area contributed by atoms with Crippen LogP contribution in [0.2, 0.25) is 0 Å². The molecule has 94 valence electrons. The van der Waals surface area contributed by atoms with Crippen LogP contribution in [0.5, 0.6) is 0 Å². The summed E-state index contributed by atoms with van der Waals surface area (Å²) >= 11 is 0. The Morgan fingerprint density at radius 1 is 1.06 bits per heavy atom. The Bertz CT molecular complexity index is 199. The van der Waals surface area contributed by atoms with Gasteiger partial charge in [-0.1, -0.05) is 0 Å². The number of nitrogens with two attached hydrogens (primary N) is 1. The van der Waals surface area contributed by atoms with Crippen molar-refractivity contribution >= 4 is 0 Å². The van der Waals surface area contributed by atoms with E-state index in [0.29, 0.717) is 6.04 Å². The second-order valence-electron chi connectivity index (χ2n) is 5.86. The van der Waals surface area contributed by atoms with Crippen LogP contribution in [0.15, 0.2) is 0 Å². The van der Waals surface area contributed by atoms with Crippen LogP contribution in [0.1, 0.15) is 32.1 Å². The molecule has 16 heavy (non-hydrogen) atoms. The van der Waals surface area contributed by atoms with Crippen molar-refractivity contribution in [2.45, 2.75) is 38.1 Å². The third kappa shape index (κ3) is 3.72. The molecular weight excluding hydrogens is 198 g/mol. The largest absolute Gasteiger partial charge is 0.328 e. The Kier molecular flexibility index (Phi) is 4.62. The van der Waals surface area contributed by atoms with Crippen LogP contribution in [0.3, 0.4) is 0 Å². The molecule has 0 aromatic carbocycles. The Hall–Kier alpha value is -0.120. The number of hydrogen-bond donors (Lipinski definition) is 2. The van der Waals surface area contributed by atoms with E-state index >= 15 is 0 Å². The molecule has 0 aromatic heterocycles. The average Bonchev–Trinajstić information content (AvgIpc) is 2.67. The lowest BCUT2D eigenvalue weighted by atomic mass is 9.86. The maximum Gasteiger partial charge on any atom is 0.00390 e. The minimum Gasteiger partial charge on any atom is -0.328 e. The molecule has 0 aromatic rings. The molecule has 1 heterocycles. The van der Waals surface area contributed by atoms with Crippen molar-refractivity contribution in [2.24, 2.45) is 17.6 Å². The fourth-order valence-electron chi connectivity index (χ4n) is 3.08. The van der Waals surface area contributed by atoms with Crippen LogP contribution in [-0.2, 0) is 0 Å². The second kappa shape index (κ2) is 5.99. The van der Waals surface area contributed by atoms with Crippen LogP contribution < -0.4 is 11.1 Å². The number of nitrogens with zero attached hydrogens (tertiary/aromatic N) is 1. The van der Waals surface area contributed by atoms with Crippen molar-refractivity contribution in [1.29, 1.82) is 0 Å². The van der Waals surface area contributed by atoms with Crippen molar-refractivity contribution in [3.8, 4) is 0 Å². The van der Waals surface area contributed by atoms with Gasteiger partial charge in [0.25, 0.3) is 0 Å². The van der Waals surface area contributed by atoms with E-state index in [9.17, 15) is 0 Å². The monoisotopic (exact) mass is 225 g/mol. The predicted octanol–water partition coefficient (Wildman–Crippen LogP) is 1.05. The predicted molar refractivity (Wildman–Crippen MR) is 68.4 cm³/mol. The molecule has 1 saturated carbocycles. The molecule has 2 rings (SSSR count). The van der Waals surface area contributed by atoms with E-state index in [4.69, 9.17) is 5.73 Å². The smallest absolute Gasteiger partial charge is 0.00390 e. The fraction of sp³-hybridized carbons (Fsp3) is 1.00. The highest BCUT2D eigenvalue weighted by molar-refractivity contribution is 4.78. The van der Waals surface area contributed by atoms with E-state index in [1.807, 2.05) is 0 Å². The van der Waals surface area contributed by atoms with Gasteiger partial charge in [0.1, 0.15) is 0 Å². The van der Waals surface area contributed by atoms with E-state index in [0.717, 1.165) is 11.8 Å².